The van der Waals surface area contributed by atoms with Gasteiger partial charge in [0, 0.05) is 30.5 Å². The van der Waals surface area contributed by atoms with Crippen LogP contribution in [0, 0.1) is 0 Å². The second kappa shape index (κ2) is 12.0. The number of benzene rings is 1. The third kappa shape index (κ3) is 6.94. The van der Waals surface area contributed by atoms with E-state index in [0.717, 1.165) is 31.2 Å². The topological polar surface area (TPSA) is 120 Å². The van der Waals surface area contributed by atoms with Gasteiger partial charge < -0.3 is 24.4 Å². The highest BCUT2D eigenvalue weighted by Crippen LogP contribution is 2.40. The Morgan fingerprint density at radius 1 is 1.18 bits per heavy atom. The van der Waals surface area contributed by atoms with Gasteiger partial charge in [-0.25, -0.2) is 4.79 Å². The molecule has 1 aromatic heterocycles. The first-order chi connectivity index (χ1) is 15.9. The molecular weight excluding hydrogens is 472 g/mol. The first kappa shape index (κ1) is 25.0. The fourth-order valence-corrected chi connectivity index (χ4v) is 4.61. The number of ether oxygens (including phenoxy) is 3. The molecule has 0 fully saturated rings. The lowest BCUT2D eigenvalue weighted by molar-refractivity contribution is -0.137. The van der Waals surface area contributed by atoms with Crippen molar-refractivity contribution in [3.63, 3.8) is 0 Å². The van der Waals surface area contributed by atoms with Crippen molar-refractivity contribution < 1.29 is 34.0 Å². The van der Waals surface area contributed by atoms with Gasteiger partial charge in [0.25, 0.3) is 0 Å². The number of nitrogens with zero attached hydrogens (tertiary/aromatic N) is 2. The zero-order valence-electron chi connectivity index (χ0n) is 18.3. The summed E-state index contributed by atoms with van der Waals surface area (Å²) in [5.41, 5.74) is 1.37. The maximum absolute atomic E-state index is 11.5. The zero-order chi connectivity index (χ0) is 23.8. The molecule has 11 heteroatoms. The predicted octanol–water partition coefficient (Wildman–Crippen LogP) is 5.45. The summed E-state index contributed by atoms with van der Waals surface area (Å²) in [5.74, 6) is 1.24. The van der Waals surface area contributed by atoms with Gasteiger partial charge in [-0.15, -0.1) is 11.8 Å². The fourth-order valence-electron chi connectivity index (χ4n) is 3.40. The number of thioether (sulfide) groups is 1. The Morgan fingerprint density at radius 2 is 1.94 bits per heavy atom. The number of hydrogen-bond donors (Lipinski definition) is 2. The van der Waals surface area contributed by atoms with E-state index in [9.17, 15) is 14.7 Å². The predicted molar refractivity (Wildman–Crippen MR) is 123 cm³/mol. The van der Waals surface area contributed by atoms with E-state index in [1.165, 1.54) is 11.8 Å². The van der Waals surface area contributed by atoms with Crippen LogP contribution < -0.4 is 14.2 Å². The van der Waals surface area contributed by atoms with E-state index < -0.39 is 12.1 Å². The van der Waals surface area contributed by atoms with Gasteiger partial charge >= 0.3 is 12.1 Å². The number of unbranched alkanes of at least 4 members (excludes halogenated alkanes) is 3. The Hall–Kier alpha value is -2.59. The largest absolute Gasteiger partial charge is 0.511 e. The van der Waals surface area contributed by atoms with Crippen LogP contribution in [0.2, 0.25) is 5.02 Å². The van der Waals surface area contributed by atoms with Crippen LogP contribution in [0.4, 0.5) is 4.79 Å². The van der Waals surface area contributed by atoms with Crippen molar-refractivity contribution in [3.8, 4) is 17.2 Å². The summed E-state index contributed by atoms with van der Waals surface area (Å²) in [6.45, 7) is 2.81. The van der Waals surface area contributed by atoms with Crippen molar-refractivity contribution >= 4 is 35.5 Å². The van der Waals surface area contributed by atoms with E-state index >= 15 is 0 Å². The molecule has 0 aliphatic carbocycles. The van der Waals surface area contributed by atoms with E-state index in [1.807, 2.05) is 0 Å². The number of aryl methyl sites for hydroxylation is 1. The van der Waals surface area contributed by atoms with Crippen LogP contribution in [-0.4, -0.2) is 44.7 Å². The van der Waals surface area contributed by atoms with Gasteiger partial charge in [0.1, 0.15) is 0 Å². The Kier molecular flexibility index (Phi) is 9.13. The molecule has 180 valence electrons. The summed E-state index contributed by atoms with van der Waals surface area (Å²) in [4.78, 5) is 22.1. The smallest absolute Gasteiger partial charge is 0.481 e. The van der Waals surface area contributed by atoms with Crippen LogP contribution in [0.25, 0.3) is 0 Å². The molecule has 2 aromatic rings. The van der Waals surface area contributed by atoms with Gasteiger partial charge in [-0.05, 0) is 36.6 Å². The first-order valence-electron chi connectivity index (χ1n) is 10.8. The summed E-state index contributed by atoms with van der Waals surface area (Å²) in [6.07, 6.45) is 3.03. The molecule has 0 unspecified atom stereocenters. The number of fused-ring (bicyclic) bond motifs is 1. The number of hydrogen-bond acceptors (Lipinski definition) is 7. The minimum atomic E-state index is -1.41. The molecule has 2 heterocycles. The second-order valence-electron chi connectivity index (χ2n) is 7.55. The molecule has 0 saturated carbocycles. The highest BCUT2D eigenvalue weighted by molar-refractivity contribution is 7.99. The minimum Gasteiger partial charge on any atom is -0.481 e. The van der Waals surface area contributed by atoms with Crippen LogP contribution in [0.3, 0.4) is 0 Å². The van der Waals surface area contributed by atoms with Gasteiger partial charge in [0.05, 0.1) is 5.69 Å². The third-order valence-electron chi connectivity index (χ3n) is 5.07. The van der Waals surface area contributed by atoms with Gasteiger partial charge in [-0.1, -0.05) is 31.4 Å². The minimum absolute atomic E-state index is 0.129. The van der Waals surface area contributed by atoms with Crippen molar-refractivity contribution in [1.82, 2.24) is 9.78 Å². The molecule has 0 atom stereocenters. The van der Waals surface area contributed by atoms with E-state index in [0.29, 0.717) is 52.4 Å². The molecule has 33 heavy (non-hydrogen) atoms. The number of aromatic nitrogens is 2. The van der Waals surface area contributed by atoms with Crippen LogP contribution in [0.1, 0.15) is 56.7 Å². The van der Waals surface area contributed by atoms with Crippen LogP contribution in [0.5, 0.6) is 17.2 Å². The standard InChI is InChI=1S/C22H27ClN2O7S/c1-2-3-8-25-16(10-14-11-17-18(12-15(14)23)31-13-30-17)20(32-22(28)29)21(24-25)33-9-6-4-5-7-19(26)27/h11-12H,2-10,13H2,1H3,(H,26,27)(H,28,29). The molecule has 2 N–H and O–H groups in total. The number of carbonyl (C=O) groups is 2. The molecule has 1 aliphatic rings. The zero-order valence-corrected chi connectivity index (χ0v) is 19.9. The lowest BCUT2D eigenvalue weighted by atomic mass is 10.1. The Bertz CT molecular complexity index is 996. The Labute approximate surface area is 201 Å². The maximum Gasteiger partial charge on any atom is 0.511 e. The number of rotatable bonds is 13. The van der Waals surface area contributed by atoms with Crippen molar-refractivity contribution in [2.45, 2.75) is 63.4 Å². The van der Waals surface area contributed by atoms with Crippen molar-refractivity contribution in [2.75, 3.05) is 12.5 Å². The maximum atomic E-state index is 11.5. The lowest BCUT2D eigenvalue weighted by Gasteiger charge is -2.11. The highest BCUT2D eigenvalue weighted by atomic mass is 35.5. The molecule has 1 aliphatic heterocycles. The first-order valence-corrected chi connectivity index (χ1v) is 12.2. The highest BCUT2D eigenvalue weighted by Gasteiger charge is 2.25. The molecule has 3 rings (SSSR count). The van der Waals surface area contributed by atoms with Crippen molar-refractivity contribution in [1.29, 1.82) is 0 Å². The van der Waals surface area contributed by atoms with Gasteiger partial charge in [-0.2, -0.15) is 5.10 Å². The number of carboxylic acids is 1. The van der Waals surface area contributed by atoms with E-state index in [1.54, 1.807) is 16.8 Å². The number of carboxylic acid groups (broad SMARTS) is 2. The van der Waals surface area contributed by atoms with E-state index in [-0.39, 0.29) is 19.0 Å². The number of halogens is 1. The summed E-state index contributed by atoms with van der Waals surface area (Å²) in [7, 11) is 0. The van der Waals surface area contributed by atoms with E-state index in [4.69, 9.17) is 30.9 Å². The average Bonchev–Trinajstić information content (AvgIpc) is 3.33. The molecule has 0 spiro atoms. The summed E-state index contributed by atoms with van der Waals surface area (Å²) in [5, 5.41) is 23.7. The second-order valence-corrected chi connectivity index (χ2v) is 9.04. The van der Waals surface area contributed by atoms with Gasteiger partial charge in [0.15, 0.2) is 22.3 Å². The van der Waals surface area contributed by atoms with Crippen LogP contribution in [-0.2, 0) is 17.8 Å². The normalized spacial score (nSPS) is 12.2. The quantitative estimate of drug-likeness (QED) is 0.211. The Morgan fingerprint density at radius 3 is 2.64 bits per heavy atom. The monoisotopic (exact) mass is 498 g/mol. The molecule has 1 aromatic carbocycles. The van der Waals surface area contributed by atoms with Gasteiger partial charge in [-0.3, -0.25) is 9.48 Å². The Balaban J connectivity index is 1.83. The molecule has 0 amide bonds. The summed E-state index contributed by atoms with van der Waals surface area (Å²) in [6, 6.07) is 3.48. The van der Waals surface area contributed by atoms with Crippen molar-refractivity contribution in [3.05, 3.63) is 28.4 Å². The third-order valence-corrected chi connectivity index (χ3v) is 6.45. The molecule has 0 bridgehead atoms. The molecule has 0 radical (unpaired) electrons. The van der Waals surface area contributed by atoms with E-state index in [2.05, 4.69) is 12.0 Å². The SMILES string of the molecule is CCCCn1nc(SCCCCCC(=O)O)c(OC(=O)O)c1Cc1cc2c(cc1Cl)OCO2. The van der Waals surface area contributed by atoms with Gasteiger partial charge in [0.2, 0.25) is 6.79 Å². The van der Waals surface area contributed by atoms with Crippen LogP contribution in [0.15, 0.2) is 17.2 Å². The lowest BCUT2D eigenvalue weighted by Crippen LogP contribution is -2.09. The molecule has 0 saturated heterocycles. The fraction of sp³-hybridized carbons (Fsp3) is 0.500. The molecule has 9 nitrogen and oxygen atoms in total. The number of aliphatic carboxylic acids is 1. The van der Waals surface area contributed by atoms with Crippen LogP contribution >= 0.6 is 23.4 Å². The average molecular weight is 499 g/mol. The van der Waals surface area contributed by atoms with Crippen molar-refractivity contribution in [2.24, 2.45) is 0 Å². The molecular formula is C22H27ClN2O7S. The summed E-state index contributed by atoms with van der Waals surface area (Å²) < 4.78 is 17.8. The summed E-state index contributed by atoms with van der Waals surface area (Å²) >= 11 is 7.87.